The number of aromatic nitrogens is 4. The van der Waals surface area contributed by atoms with Crippen molar-refractivity contribution in [3.63, 3.8) is 0 Å². The maximum Gasteiger partial charge on any atom is 0.408 e. The van der Waals surface area contributed by atoms with Crippen LogP contribution in [-0.4, -0.2) is 63.0 Å². The normalized spacial score (nSPS) is 12.7. The van der Waals surface area contributed by atoms with E-state index in [9.17, 15) is 14.4 Å². The molecule has 0 saturated carbocycles. The molecule has 2 amide bonds. The lowest BCUT2D eigenvalue weighted by Crippen LogP contribution is -2.39. The van der Waals surface area contributed by atoms with Crippen LogP contribution in [0.2, 0.25) is 0 Å². The summed E-state index contributed by atoms with van der Waals surface area (Å²) in [6.07, 6.45) is -0.833. The van der Waals surface area contributed by atoms with Crippen LogP contribution >= 0.6 is 0 Å². The first-order chi connectivity index (χ1) is 22.7. The van der Waals surface area contributed by atoms with Gasteiger partial charge < -0.3 is 33.9 Å². The van der Waals surface area contributed by atoms with Crippen molar-refractivity contribution < 1.29 is 42.0 Å². The molecule has 0 radical (unpaired) electrons. The zero-order valence-corrected chi connectivity index (χ0v) is 27.8. The lowest BCUT2D eigenvalue weighted by molar-refractivity contribution is -0.143. The number of amides is 2. The quantitative estimate of drug-likeness (QED) is 0.165. The van der Waals surface area contributed by atoms with E-state index in [4.69, 9.17) is 23.3 Å². The lowest BCUT2D eigenvalue weighted by Gasteiger charge is -2.19. The van der Waals surface area contributed by atoms with Gasteiger partial charge in [-0.25, -0.2) is 9.18 Å². The number of nitrogens with one attached hydrogen (secondary N) is 2. The Balaban J connectivity index is 1.30. The Bertz CT molecular complexity index is 1710. The maximum absolute atomic E-state index is 15.0. The van der Waals surface area contributed by atoms with Crippen molar-refractivity contribution in [1.82, 2.24) is 30.9 Å². The van der Waals surface area contributed by atoms with Crippen LogP contribution in [0.25, 0.3) is 22.8 Å². The summed E-state index contributed by atoms with van der Waals surface area (Å²) in [5.41, 5.74) is 0.117. The highest BCUT2D eigenvalue weighted by Gasteiger charge is 2.23. The van der Waals surface area contributed by atoms with Crippen LogP contribution < -0.4 is 15.4 Å². The molecule has 2 heterocycles. The van der Waals surface area contributed by atoms with Gasteiger partial charge in [0.25, 0.3) is 11.8 Å². The Labute approximate surface area is 276 Å². The van der Waals surface area contributed by atoms with Gasteiger partial charge in [-0.15, -0.1) is 0 Å². The zero-order valence-electron chi connectivity index (χ0n) is 27.8. The van der Waals surface area contributed by atoms with Gasteiger partial charge in [-0.05, 0) is 70.5 Å². The van der Waals surface area contributed by atoms with Crippen LogP contribution in [-0.2, 0) is 14.3 Å². The molecule has 4 aromatic rings. The lowest BCUT2D eigenvalue weighted by atomic mass is 10.1. The van der Waals surface area contributed by atoms with E-state index in [-0.39, 0.29) is 29.8 Å². The van der Waals surface area contributed by atoms with Gasteiger partial charge in [-0.3, -0.25) is 9.59 Å². The Morgan fingerprint density at radius 1 is 0.917 bits per heavy atom. The van der Waals surface area contributed by atoms with Crippen molar-refractivity contribution in [3.8, 4) is 28.5 Å². The molecular weight excluding hydrogens is 627 g/mol. The van der Waals surface area contributed by atoms with Crippen molar-refractivity contribution >= 4 is 18.0 Å². The van der Waals surface area contributed by atoms with Crippen LogP contribution in [0, 0.1) is 5.82 Å². The molecule has 14 nitrogen and oxygen atoms in total. The van der Waals surface area contributed by atoms with Crippen LogP contribution in [0.1, 0.15) is 89.0 Å². The van der Waals surface area contributed by atoms with Gasteiger partial charge in [0.15, 0.2) is 6.10 Å². The highest BCUT2D eigenvalue weighted by Crippen LogP contribution is 2.28. The highest BCUT2D eigenvalue weighted by atomic mass is 19.1. The summed E-state index contributed by atoms with van der Waals surface area (Å²) in [5.74, 6) is -0.228. The minimum absolute atomic E-state index is 0.117. The topological polar surface area (TPSA) is 181 Å². The van der Waals surface area contributed by atoms with Gasteiger partial charge in [-0.1, -0.05) is 37.2 Å². The molecule has 4 rings (SSSR count). The number of ether oxygens (including phenoxy) is 3. The summed E-state index contributed by atoms with van der Waals surface area (Å²) in [7, 11) is 0. The van der Waals surface area contributed by atoms with Crippen LogP contribution in [0.4, 0.5) is 9.18 Å². The summed E-state index contributed by atoms with van der Waals surface area (Å²) in [6.45, 7) is 11.9. The van der Waals surface area contributed by atoms with E-state index in [2.05, 4.69) is 30.9 Å². The molecule has 2 N–H and O–H groups in total. The number of carbonyl (C=O) groups is 3. The van der Waals surface area contributed by atoms with Crippen molar-refractivity contribution in [2.24, 2.45) is 0 Å². The molecule has 2 aromatic heterocycles. The molecule has 0 saturated heterocycles. The Morgan fingerprint density at radius 2 is 1.54 bits per heavy atom. The number of rotatable bonds is 13. The molecule has 0 aliphatic rings. The Morgan fingerprint density at radius 3 is 2.15 bits per heavy atom. The predicted molar refractivity (Wildman–Crippen MR) is 169 cm³/mol. The largest absolute Gasteiger partial charge is 0.481 e. The van der Waals surface area contributed by atoms with E-state index in [1.165, 1.54) is 12.1 Å². The molecule has 48 heavy (non-hydrogen) atoms. The molecule has 15 heteroatoms. The number of hydrogen-bond donors (Lipinski definition) is 2. The monoisotopic (exact) mass is 666 g/mol. The fourth-order valence-electron chi connectivity index (χ4n) is 4.13. The van der Waals surface area contributed by atoms with Crippen molar-refractivity contribution in [2.45, 2.75) is 78.6 Å². The summed E-state index contributed by atoms with van der Waals surface area (Å²) >= 11 is 0. The van der Waals surface area contributed by atoms with Crippen molar-refractivity contribution in [3.05, 3.63) is 65.6 Å². The van der Waals surface area contributed by atoms with E-state index in [0.717, 1.165) is 11.6 Å². The summed E-state index contributed by atoms with van der Waals surface area (Å²) in [4.78, 5) is 45.1. The van der Waals surface area contributed by atoms with Crippen molar-refractivity contribution in [2.75, 3.05) is 13.2 Å². The zero-order chi connectivity index (χ0) is 35.0. The third-order valence-electron chi connectivity index (χ3n) is 6.53. The molecule has 2 aromatic carbocycles. The smallest absolute Gasteiger partial charge is 0.408 e. The number of benzene rings is 2. The second-order valence-corrected chi connectivity index (χ2v) is 12.2. The first kappa shape index (κ1) is 35.5. The Kier molecular flexibility index (Phi) is 11.5. The second kappa shape index (κ2) is 15.5. The Hall–Kier alpha value is -5.34. The van der Waals surface area contributed by atoms with E-state index >= 15 is 4.39 Å². The molecule has 1 unspecified atom stereocenters. The molecular formula is C33H39FN6O8. The summed E-state index contributed by atoms with van der Waals surface area (Å²) in [5, 5.41) is 12.8. The van der Waals surface area contributed by atoms with Gasteiger partial charge in [0.1, 0.15) is 30.3 Å². The van der Waals surface area contributed by atoms with Crippen LogP contribution in [0.5, 0.6) is 5.75 Å². The average molecular weight is 667 g/mol. The maximum atomic E-state index is 15.0. The fourth-order valence-corrected chi connectivity index (χ4v) is 4.13. The SMILES string of the molecule is CCC(Oc1ccc(-c2noc(C(C)C)n2)cc1)c1nc(-c2ccc(C(=O)N[C@H](C)COC(=O)CNC(=O)OC(C)(C)C)c(F)c2)no1. The average Bonchev–Trinajstić information content (AvgIpc) is 3.72. The number of alkyl carbamates (subject to hydrolysis) is 1. The fraction of sp³-hybridized carbons (Fsp3) is 0.424. The van der Waals surface area contributed by atoms with Gasteiger partial charge in [-0.2, -0.15) is 9.97 Å². The first-order valence-electron chi connectivity index (χ1n) is 15.4. The van der Waals surface area contributed by atoms with Gasteiger partial charge in [0, 0.05) is 17.0 Å². The molecule has 256 valence electrons. The first-order valence-corrected chi connectivity index (χ1v) is 15.4. The molecule has 0 bridgehead atoms. The second-order valence-electron chi connectivity index (χ2n) is 12.2. The molecule has 0 aliphatic heterocycles. The van der Waals surface area contributed by atoms with Crippen LogP contribution in [0.15, 0.2) is 51.5 Å². The minimum Gasteiger partial charge on any atom is -0.481 e. The number of nitrogens with zero attached hydrogens (tertiary/aromatic N) is 4. The summed E-state index contributed by atoms with van der Waals surface area (Å²) < 4.78 is 41.9. The highest BCUT2D eigenvalue weighted by molar-refractivity contribution is 5.95. The van der Waals surface area contributed by atoms with Gasteiger partial charge >= 0.3 is 12.1 Å². The molecule has 0 fully saturated rings. The van der Waals surface area contributed by atoms with Crippen LogP contribution in [0.3, 0.4) is 0 Å². The molecule has 0 spiro atoms. The van der Waals surface area contributed by atoms with Crippen molar-refractivity contribution in [1.29, 1.82) is 0 Å². The summed E-state index contributed by atoms with van der Waals surface area (Å²) in [6, 6.07) is 10.4. The number of carbonyl (C=O) groups excluding carboxylic acids is 3. The van der Waals surface area contributed by atoms with E-state index < -0.39 is 48.1 Å². The number of halogens is 1. The van der Waals surface area contributed by atoms with Gasteiger partial charge in [0.05, 0.1) is 11.6 Å². The van der Waals surface area contributed by atoms with Gasteiger partial charge in [0.2, 0.25) is 17.5 Å². The third kappa shape index (κ3) is 9.83. The number of hydrogen-bond acceptors (Lipinski definition) is 12. The standard InChI is InChI=1S/C33H39FN6O8/c1-8-25(45-22-12-9-20(10-13-22)27-37-30(18(2)3)47-39-27)31-38-28(40-48-31)21-11-14-23(24(34)15-21)29(42)36-19(4)17-44-26(41)16-35-32(43)46-33(5,6)7/h9-15,18-19,25H,8,16-17H2,1-7H3,(H,35,43)(H,36,42)/t19-,25?/m1/s1. The van der Waals surface area contributed by atoms with E-state index in [0.29, 0.717) is 29.4 Å². The third-order valence-corrected chi connectivity index (χ3v) is 6.53. The number of esters is 1. The minimum atomic E-state index is -0.812. The van der Waals surface area contributed by atoms with E-state index in [1.807, 2.05) is 32.9 Å². The molecule has 2 atom stereocenters. The predicted octanol–water partition coefficient (Wildman–Crippen LogP) is 5.77. The molecule has 0 aliphatic carbocycles. The van der Waals surface area contributed by atoms with E-state index in [1.54, 1.807) is 39.8 Å².